The lowest BCUT2D eigenvalue weighted by molar-refractivity contribution is -0.149. The number of aliphatic hydroxyl groups is 1. The Balaban J connectivity index is 0.000000380. The van der Waals surface area contributed by atoms with Crippen molar-refractivity contribution >= 4 is 42.4 Å². The first-order valence-corrected chi connectivity index (χ1v) is 14.4. The smallest absolute Gasteiger partial charge is 0.343 e. The molecule has 3 aliphatic rings. The number of carbonyl (C=O) groups excluding carboxylic acids is 3. The molecule has 0 amide bonds. The van der Waals surface area contributed by atoms with Gasteiger partial charge in [0, 0.05) is 36.4 Å². The third-order valence-corrected chi connectivity index (χ3v) is 7.82. The Morgan fingerprint density at radius 1 is 1.02 bits per heavy atom. The lowest BCUT2D eigenvalue weighted by atomic mass is 9.82. The van der Waals surface area contributed by atoms with Gasteiger partial charge in [-0.15, -0.1) is 0 Å². The lowest BCUT2D eigenvalue weighted by Gasteiger charge is -2.31. The Hall–Kier alpha value is -3.20. The van der Waals surface area contributed by atoms with Crippen LogP contribution in [0.5, 0.6) is 0 Å². The van der Waals surface area contributed by atoms with E-state index in [9.17, 15) is 9.90 Å². The summed E-state index contributed by atoms with van der Waals surface area (Å²) in [5, 5.41) is 14.6. The number of ether oxygens (including phenoxy) is 2. The molecule has 41 heavy (non-hydrogen) atoms. The molecule has 0 unspecified atom stereocenters. The first-order valence-electron chi connectivity index (χ1n) is 14.0. The molecule has 2 aliphatic heterocycles. The number of carbonyl (C=O) groups is 3. The number of morpholine rings is 1. The zero-order valence-electron chi connectivity index (χ0n) is 24.5. The quantitative estimate of drug-likeness (QED) is 0.396. The van der Waals surface area contributed by atoms with Crippen molar-refractivity contribution in [1.82, 2.24) is 4.90 Å². The molecular formula is C32H43ClN2O6. The Kier molecular flexibility index (Phi) is 14.0. The molecule has 1 aliphatic carbocycles. The zero-order valence-corrected chi connectivity index (χ0v) is 25.2. The SMILES string of the molecule is C=O.C=O.CCCN1CCOCC1.CNc1cccc(-c2cc(C)c(C3=C(O)C4(CCCCC4)OC3=O)cc2Cl)c1. The molecule has 224 valence electrons. The summed E-state index contributed by atoms with van der Waals surface area (Å²) in [6.45, 7) is 13.5. The van der Waals surface area contributed by atoms with Crippen LogP contribution in [0.1, 0.15) is 56.6 Å². The van der Waals surface area contributed by atoms with Gasteiger partial charge in [-0.1, -0.05) is 37.1 Å². The van der Waals surface area contributed by atoms with Crippen LogP contribution < -0.4 is 5.32 Å². The standard InChI is InChI=1S/C23H24ClNO3.C7H15NO.2CH2O/c1-14-11-18(15-7-6-8-16(12-15)25-2)19(24)13-17(14)20-21(26)23(28-22(20)27)9-4-3-5-10-23;1-2-3-8-4-6-9-7-5-8;2*1-2/h6-8,11-13,25-26H,3-5,9-10H2,1-2H3;2-7H2,1H3;2*1H2. The fourth-order valence-corrected chi connectivity index (χ4v) is 5.73. The predicted octanol–water partition coefficient (Wildman–Crippen LogP) is 6.24. The van der Waals surface area contributed by atoms with E-state index in [2.05, 4.69) is 17.1 Å². The van der Waals surface area contributed by atoms with Crippen molar-refractivity contribution in [3.8, 4) is 11.1 Å². The van der Waals surface area contributed by atoms with Crippen LogP contribution in [0.4, 0.5) is 5.69 Å². The van der Waals surface area contributed by atoms with Crippen LogP contribution >= 0.6 is 11.6 Å². The van der Waals surface area contributed by atoms with Crippen LogP contribution in [0.25, 0.3) is 16.7 Å². The second-order valence-corrected chi connectivity index (χ2v) is 10.5. The molecule has 5 rings (SSSR count). The normalized spacial score (nSPS) is 17.7. The monoisotopic (exact) mass is 586 g/mol. The third kappa shape index (κ3) is 8.41. The summed E-state index contributed by atoms with van der Waals surface area (Å²) < 4.78 is 10.9. The van der Waals surface area contributed by atoms with Gasteiger partial charge in [-0.2, -0.15) is 0 Å². The summed E-state index contributed by atoms with van der Waals surface area (Å²) in [5.74, 6) is -0.384. The van der Waals surface area contributed by atoms with Gasteiger partial charge in [-0.05, 0) is 86.5 Å². The van der Waals surface area contributed by atoms with Crippen molar-refractivity contribution < 1.29 is 29.0 Å². The fraction of sp³-hybridized carbons (Fsp3) is 0.469. The molecule has 0 radical (unpaired) electrons. The van der Waals surface area contributed by atoms with Crippen molar-refractivity contribution in [2.24, 2.45) is 0 Å². The highest BCUT2D eigenvalue weighted by atomic mass is 35.5. The zero-order chi connectivity index (χ0) is 30.4. The summed E-state index contributed by atoms with van der Waals surface area (Å²) in [6.07, 6.45) is 5.62. The maximum absolute atomic E-state index is 12.7. The number of aryl methyl sites for hydroxylation is 1. The van der Waals surface area contributed by atoms with Crippen LogP contribution in [0.2, 0.25) is 5.02 Å². The van der Waals surface area contributed by atoms with E-state index in [-0.39, 0.29) is 11.3 Å². The summed E-state index contributed by atoms with van der Waals surface area (Å²) >= 11 is 6.61. The summed E-state index contributed by atoms with van der Waals surface area (Å²) in [6, 6.07) is 11.7. The number of anilines is 1. The van der Waals surface area contributed by atoms with Gasteiger partial charge in [-0.25, -0.2) is 4.79 Å². The summed E-state index contributed by atoms with van der Waals surface area (Å²) in [5.41, 5.74) is 3.81. The van der Waals surface area contributed by atoms with Gasteiger partial charge in [0.25, 0.3) is 0 Å². The van der Waals surface area contributed by atoms with Gasteiger partial charge in [0.1, 0.15) is 19.2 Å². The van der Waals surface area contributed by atoms with E-state index in [1.54, 1.807) is 6.07 Å². The van der Waals surface area contributed by atoms with E-state index in [4.69, 9.17) is 30.7 Å². The molecule has 2 aromatic rings. The van der Waals surface area contributed by atoms with Crippen LogP contribution in [0.3, 0.4) is 0 Å². The first kappa shape index (κ1) is 34.0. The minimum absolute atomic E-state index is 0.0706. The highest BCUT2D eigenvalue weighted by molar-refractivity contribution is 6.34. The minimum Gasteiger partial charge on any atom is -0.507 e. The number of hydrogen-bond acceptors (Lipinski definition) is 8. The van der Waals surface area contributed by atoms with Crippen molar-refractivity contribution in [1.29, 1.82) is 0 Å². The van der Waals surface area contributed by atoms with Crippen molar-refractivity contribution in [3.05, 3.63) is 58.3 Å². The summed E-state index contributed by atoms with van der Waals surface area (Å²) in [4.78, 5) is 31.1. The number of esters is 1. The molecular weight excluding hydrogens is 544 g/mol. The van der Waals surface area contributed by atoms with Gasteiger partial charge < -0.3 is 29.5 Å². The molecule has 0 atom stereocenters. The van der Waals surface area contributed by atoms with Gasteiger partial charge in [0.05, 0.1) is 13.2 Å². The van der Waals surface area contributed by atoms with Crippen molar-refractivity contribution in [2.45, 2.75) is 58.0 Å². The number of aliphatic hydroxyl groups excluding tert-OH is 1. The van der Waals surface area contributed by atoms with E-state index in [1.807, 2.05) is 57.9 Å². The summed E-state index contributed by atoms with van der Waals surface area (Å²) in [7, 11) is 1.87. The van der Waals surface area contributed by atoms with E-state index in [1.165, 1.54) is 13.0 Å². The van der Waals surface area contributed by atoms with E-state index in [0.717, 1.165) is 67.9 Å². The first-order chi connectivity index (χ1) is 19.9. The molecule has 0 bridgehead atoms. The maximum Gasteiger partial charge on any atom is 0.343 e. The predicted molar refractivity (Wildman–Crippen MR) is 164 cm³/mol. The van der Waals surface area contributed by atoms with Crippen LogP contribution in [-0.2, 0) is 23.9 Å². The van der Waals surface area contributed by atoms with E-state index >= 15 is 0 Å². The molecule has 2 N–H and O–H groups in total. The number of hydrogen-bond donors (Lipinski definition) is 2. The number of nitrogens with zero attached hydrogens (tertiary/aromatic N) is 1. The third-order valence-electron chi connectivity index (χ3n) is 7.51. The largest absolute Gasteiger partial charge is 0.507 e. The molecule has 1 saturated carbocycles. The number of halogens is 1. The molecule has 1 spiro atoms. The van der Waals surface area contributed by atoms with Crippen molar-refractivity contribution in [3.63, 3.8) is 0 Å². The van der Waals surface area contributed by atoms with Gasteiger partial charge in [0.2, 0.25) is 0 Å². The molecule has 0 aromatic heterocycles. The number of benzene rings is 2. The van der Waals surface area contributed by atoms with Gasteiger partial charge >= 0.3 is 5.97 Å². The highest BCUT2D eigenvalue weighted by Gasteiger charge is 2.49. The number of nitrogens with one attached hydrogen (secondary N) is 1. The molecule has 2 fully saturated rings. The second kappa shape index (κ2) is 16.9. The average Bonchev–Trinajstić information content (AvgIpc) is 3.25. The topological polar surface area (TPSA) is 105 Å². The highest BCUT2D eigenvalue weighted by Crippen LogP contribution is 2.46. The van der Waals surface area contributed by atoms with Crippen LogP contribution in [0.15, 0.2) is 42.2 Å². The maximum atomic E-state index is 12.7. The Labute approximate surface area is 248 Å². The Morgan fingerprint density at radius 3 is 2.29 bits per heavy atom. The molecule has 2 aromatic carbocycles. The Morgan fingerprint density at radius 2 is 1.68 bits per heavy atom. The van der Waals surface area contributed by atoms with Gasteiger partial charge in [-0.3, -0.25) is 4.90 Å². The molecule has 1 saturated heterocycles. The second-order valence-electron chi connectivity index (χ2n) is 10.1. The minimum atomic E-state index is -0.844. The van der Waals surface area contributed by atoms with E-state index in [0.29, 0.717) is 23.4 Å². The van der Waals surface area contributed by atoms with Crippen molar-refractivity contribution in [2.75, 3.05) is 45.2 Å². The Bertz CT molecular complexity index is 1170. The lowest BCUT2D eigenvalue weighted by Crippen LogP contribution is -2.36. The molecule has 2 heterocycles. The van der Waals surface area contributed by atoms with Crippen LogP contribution in [-0.4, -0.2) is 75.1 Å². The number of rotatable bonds is 5. The van der Waals surface area contributed by atoms with Gasteiger partial charge in [0.15, 0.2) is 11.4 Å². The average molecular weight is 587 g/mol. The molecule has 9 heteroatoms. The fourth-order valence-electron chi connectivity index (χ4n) is 5.46. The molecule has 8 nitrogen and oxygen atoms in total. The van der Waals surface area contributed by atoms with Crippen LogP contribution in [0, 0.1) is 6.92 Å². The van der Waals surface area contributed by atoms with E-state index < -0.39 is 11.6 Å².